The quantitative estimate of drug-likeness (QED) is 0.497. The second-order valence-corrected chi connectivity index (χ2v) is 8.48. The maximum absolute atomic E-state index is 13.4. The molecule has 1 aliphatic rings. The van der Waals surface area contributed by atoms with Gasteiger partial charge in [-0.1, -0.05) is 47.6 Å². The third kappa shape index (κ3) is 5.69. The molecule has 166 valence electrons. The van der Waals surface area contributed by atoms with Crippen LogP contribution in [0.4, 0.5) is 10.1 Å². The summed E-state index contributed by atoms with van der Waals surface area (Å²) in [5.41, 5.74) is 8.44. The number of aromatic nitrogens is 2. The number of anilines is 1. The lowest BCUT2D eigenvalue weighted by Crippen LogP contribution is -2.15. The SMILES string of the molecule is CC1=CC=C(c2ncc(CC(=O)Nc3ccc(-c4cccc(F)c4)nc3)cc2C)C=C(C)C1. The highest BCUT2D eigenvalue weighted by Crippen LogP contribution is 2.26. The lowest BCUT2D eigenvalue weighted by atomic mass is 10.0. The number of amides is 1. The Bertz CT molecular complexity index is 1290. The van der Waals surface area contributed by atoms with E-state index in [-0.39, 0.29) is 18.1 Å². The number of halogens is 1. The van der Waals surface area contributed by atoms with Gasteiger partial charge in [-0.15, -0.1) is 0 Å². The molecule has 33 heavy (non-hydrogen) atoms. The summed E-state index contributed by atoms with van der Waals surface area (Å²) in [6.45, 7) is 6.28. The van der Waals surface area contributed by atoms with Gasteiger partial charge in [-0.25, -0.2) is 4.39 Å². The van der Waals surface area contributed by atoms with E-state index in [1.807, 2.05) is 13.0 Å². The van der Waals surface area contributed by atoms with E-state index in [2.05, 4.69) is 47.4 Å². The van der Waals surface area contributed by atoms with Crippen LogP contribution in [-0.2, 0) is 11.2 Å². The number of rotatable bonds is 5. The number of nitrogens with zero attached hydrogens (tertiary/aromatic N) is 2. The first-order valence-electron chi connectivity index (χ1n) is 10.9. The normalized spacial score (nSPS) is 13.5. The van der Waals surface area contributed by atoms with Gasteiger partial charge in [-0.05, 0) is 62.6 Å². The molecule has 2 aromatic heterocycles. The molecule has 1 N–H and O–H groups in total. The number of nitrogens with one attached hydrogen (secondary N) is 1. The van der Waals surface area contributed by atoms with Crippen molar-refractivity contribution in [1.82, 2.24) is 9.97 Å². The smallest absolute Gasteiger partial charge is 0.228 e. The average molecular weight is 440 g/mol. The van der Waals surface area contributed by atoms with Crippen molar-refractivity contribution in [3.63, 3.8) is 0 Å². The Labute approximate surface area is 193 Å². The van der Waals surface area contributed by atoms with E-state index in [0.29, 0.717) is 16.9 Å². The zero-order valence-corrected chi connectivity index (χ0v) is 19.0. The van der Waals surface area contributed by atoms with Crippen LogP contribution in [0.5, 0.6) is 0 Å². The highest BCUT2D eigenvalue weighted by molar-refractivity contribution is 5.92. The molecule has 4 nitrogen and oxygen atoms in total. The summed E-state index contributed by atoms with van der Waals surface area (Å²) in [6, 6.07) is 11.8. The molecule has 0 aliphatic heterocycles. The van der Waals surface area contributed by atoms with Crippen LogP contribution in [0.25, 0.3) is 16.8 Å². The average Bonchev–Trinajstić information content (AvgIpc) is 2.94. The fourth-order valence-corrected chi connectivity index (χ4v) is 3.95. The first-order chi connectivity index (χ1) is 15.9. The van der Waals surface area contributed by atoms with Gasteiger partial charge >= 0.3 is 0 Å². The Kier molecular flexibility index (Phi) is 6.59. The molecule has 0 radical (unpaired) electrons. The summed E-state index contributed by atoms with van der Waals surface area (Å²) in [6.07, 6.45) is 10.9. The number of pyridine rings is 2. The van der Waals surface area contributed by atoms with Crippen LogP contribution in [0, 0.1) is 12.7 Å². The Morgan fingerprint density at radius 1 is 1.00 bits per heavy atom. The molecule has 0 spiro atoms. The summed E-state index contributed by atoms with van der Waals surface area (Å²) in [7, 11) is 0. The van der Waals surface area contributed by atoms with Gasteiger partial charge in [0.05, 0.1) is 29.7 Å². The van der Waals surface area contributed by atoms with Crippen LogP contribution >= 0.6 is 0 Å². The van der Waals surface area contributed by atoms with Crippen LogP contribution in [0.15, 0.2) is 84.2 Å². The van der Waals surface area contributed by atoms with E-state index in [4.69, 9.17) is 0 Å². The second kappa shape index (κ2) is 9.74. The summed E-state index contributed by atoms with van der Waals surface area (Å²) >= 11 is 0. The summed E-state index contributed by atoms with van der Waals surface area (Å²) < 4.78 is 13.4. The minimum absolute atomic E-state index is 0.146. The van der Waals surface area contributed by atoms with Crippen LogP contribution in [0.1, 0.15) is 37.1 Å². The van der Waals surface area contributed by atoms with E-state index in [0.717, 1.165) is 28.8 Å². The van der Waals surface area contributed by atoms with Crippen molar-refractivity contribution in [2.24, 2.45) is 0 Å². The number of hydrogen-bond acceptors (Lipinski definition) is 3. The highest BCUT2D eigenvalue weighted by atomic mass is 19.1. The lowest BCUT2D eigenvalue weighted by Gasteiger charge is -2.10. The molecule has 2 heterocycles. The largest absolute Gasteiger partial charge is 0.324 e. The summed E-state index contributed by atoms with van der Waals surface area (Å²) in [5.74, 6) is -0.457. The van der Waals surface area contributed by atoms with Gasteiger partial charge in [0.2, 0.25) is 5.91 Å². The molecule has 3 aromatic rings. The Morgan fingerprint density at radius 2 is 1.85 bits per heavy atom. The molecule has 1 aromatic carbocycles. The molecule has 0 unspecified atom stereocenters. The summed E-state index contributed by atoms with van der Waals surface area (Å²) in [5, 5.41) is 2.86. The van der Waals surface area contributed by atoms with E-state index < -0.39 is 0 Å². The Morgan fingerprint density at radius 3 is 2.58 bits per heavy atom. The maximum atomic E-state index is 13.4. The fraction of sp³-hybridized carbons (Fsp3) is 0.179. The number of carbonyl (C=O) groups excluding carboxylic acids is 1. The molecule has 1 amide bonds. The van der Waals surface area contributed by atoms with Crippen molar-refractivity contribution < 1.29 is 9.18 Å². The minimum atomic E-state index is -0.310. The molecule has 0 fully saturated rings. The van der Waals surface area contributed by atoms with Crippen molar-refractivity contribution in [2.75, 3.05) is 5.32 Å². The van der Waals surface area contributed by atoms with Gasteiger partial charge in [0.1, 0.15) is 5.82 Å². The fourth-order valence-electron chi connectivity index (χ4n) is 3.95. The number of hydrogen-bond donors (Lipinski definition) is 1. The summed E-state index contributed by atoms with van der Waals surface area (Å²) in [4.78, 5) is 21.5. The van der Waals surface area contributed by atoms with E-state index in [9.17, 15) is 9.18 Å². The number of carbonyl (C=O) groups is 1. The zero-order chi connectivity index (χ0) is 23.4. The van der Waals surface area contributed by atoms with Crippen LogP contribution in [0.2, 0.25) is 0 Å². The molecular formula is C28H26FN3O. The van der Waals surface area contributed by atoms with Crippen molar-refractivity contribution in [1.29, 1.82) is 0 Å². The van der Waals surface area contributed by atoms with E-state index in [1.165, 1.54) is 23.3 Å². The molecule has 5 heteroatoms. The molecule has 0 atom stereocenters. The predicted molar refractivity (Wildman–Crippen MR) is 131 cm³/mol. The Hall–Kier alpha value is -3.86. The standard InChI is InChI=1S/C28H26FN3O/c1-18-7-8-23(12-19(2)11-18)28-20(3)13-21(16-31-28)14-27(33)32-25-9-10-26(30-17-25)22-5-4-6-24(29)15-22/h4-10,12-13,15-17H,11,14H2,1-3H3,(H,32,33). The van der Waals surface area contributed by atoms with Crippen molar-refractivity contribution in [3.8, 4) is 11.3 Å². The Balaban J connectivity index is 1.43. The van der Waals surface area contributed by atoms with E-state index in [1.54, 1.807) is 36.7 Å². The van der Waals surface area contributed by atoms with Gasteiger partial charge in [0.15, 0.2) is 0 Å². The third-order valence-electron chi connectivity index (χ3n) is 5.45. The van der Waals surface area contributed by atoms with Crippen LogP contribution in [0.3, 0.4) is 0 Å². The van der Waals surface area contributed by atoms with Crippen molar-refractivity contribution in [2.45, 2.75) is 33.6 Å². The first-order valence-corrected chi connectivity index (χ1v) is 10.9. The number of allylic oxidation sites excluding steroid dienone is 6. The van der Waals surface area contributed by atoms with E-state index >= 15 is 0 Å². The highest BCUT2D eigenvalue weighted by Gasteiger charge is 2.11. The minimum Gasteiger partial charge on any atom is -0.324 e. The maximum Gasteiger partial charge on any atom is 0.228 e. The van der Waals surface area contributed by atoms with Gasteiger partial charge in [0.25, 0.3) is 0 Å². The van der Waals surface area contributed by atoms with Gasteiger partial charge in [-0.2, -0.15) is 0 Å². The molecule has 1 aliphatic carbocycles. The van der Waals surface area contributed by atoms with Gasteiger partial charge in [0, 0.05) is 17.3 Å². The number of benzene rings is 1. The lowest BCUT2D eigenvalue weighted by molar-refractivity contribution is -0.115. The monoisotopic (exact) mass is 439 g/mol. The zero-order valence-electron chi connectivity index (χ0n) is 19.0. The molecular weight excluding hydrogens is 413 g/mol. The first kappa shape index (κ1) is 22.3. The molecule has 0 bridgehead atoms. The van der Waals surface area contributed by atoms with Gasteiger partial charge < -0.3 is 5.32 Å². The van der Waals surface area contributed by atoms with Crippen molar-refractivity contribution >= 4 is 17.2 Å². The number of aryl methyl sites for hydroxylation is 1. The van der Waals surface area contributed by atoms with Crippen LogP contribution < -0.4 is 5.32 Å². The molecule has 4 rings (SSSR count). The van der Waals surface area contributed by atoms with Crippen molar-refractivity contribution in [3.05, 3.63) is 107 Å². The molecule has 0 saturated carbocycles. The predicted octanol–water partition coefficient (Wildman–Crippen LogP) is 6.45. The van der Waals surface area contributed by atoms with Crippen LogP contribution in [-0.4, -0.2) is 15.9 Å². The molecule has 0 saturated heterocycles. The second-order valence-electron chi connectivity index (χ2n) is 8.48. The topological polar surface area (TPSA) is 54.9 Å². The third-order valence-corrected chi connectivity index (χ3v) is 5.45. The van der Waals surface area contributed by atoms with Gasteiger partial charge in [-0.3, -0.25) is 14.8 Å².